The zero-order valence-electron chi connectivity index (χ0n) is 23.7. The predicted octanol–water partition coefficient (Wildman–Crippen LogP) is 4.77. The molecule has 1 unspecified atom stereocenters. The maximum absolute atomic E-state index is 14.5. The van der Waals surface area contributed by atoms with E-state index in [1.54, 1.807) is 36.4 Å². The topological polar surface area (TPSA) is 118 Å². The smallest absolute Gasteiger partial charge is 0.325 e. The normalized spacial score (nSPS) is 27.3. The first-order valence-corrected chi connectivity index (χ1v) is 14.5. The average Bonchev–Trinajstić information content (AvgIpc) is 3.74. The van der Waals surface area contributed by atoms with Crippen LogP contribution in [-0.2, 0) is 35.9 Å². The first-order chi connectivity index (χ1) is 21.5. The van der Waals surface area contributed by atoms with Gasteiger partial charge in [0.15, 0.2) is 0 Å². The zero-order valence-corrected chi connectivity index (χ0v) is 23.7. The van der Waals surface area contributed by atoms with Gasteiger partial charge in [-0.1, -0.05) is 91.5 Å². The van der Waals surface area contributed by atoms with Crippen LogP contribution in [0.5, 0.6) is 0 Å². The molecule has 2 fully saturated rings. The number of cyclic esters (lactones) is 1. The summed E-state index contributed by atoms with van der Waals surface area (Å²) in [4.78, 5) is 45.0. The number of nitrogens with zero attached hydrogens (tertiary/aromatic N) is 1. The minimum atomic E-state index is -1.65. The van der Waals surface area contributed by atoms with Gasteiger partial charge in [0, 0.05) is 5.69 Å². The van der Waals surface area contributed by atoms with Gasteiger partial charge in [-0.3, -0.25) is 19.3 Å². The molecule has 0 aliphatic carbocycles. The van der Waals surface area contributed by atoms with Gasteiger partial charge in [-0.25, -0.2) is 0 Å². The van der Waals surface area contributed by atoms with Crippen LogP contribution in [0, 0.1) is 5.92 Å². The van der Waals surface area contributed by atoms with Crippen LogP contribution in [0.2, 0.25) is 0 Å². The number of benzene rings is 3. The molecule has 4 heterocycles. The minimum Gasteiger partial charge on any atom is -0.462 e. The average molecular weight is 591 g/mol. The number of carbonyl (C=O) groups excluding carboxylic acids is 3. The highest BCUT2D eigenvalue weighted by Gasteiger charge is 2.75. The Labute approximate surface area is 253 Å². The Morgan fingerprint density at radius 2 is 1.61 bits per heavy atom. The maximum atomic E-state index is 14.5. The number of esters is 2. The summed E-state index contributed by atoms with van der Waals surface area (Å²) in [6, 6.07) is 26.6. The van der Waals surface area contributed by atoms with E-state index < -0.39 is 53.4 Å². The largest absolute Gasteiger partial charge is 0.462 e. The van der Waals surface area contributed by atoms with E-state index in [0.29, 0.717) is 17.0 Å². The Morgan fingerprint density at radius 3 is 2.30 bits per heavy atom. The predicted molar refractivity (Wildman–Crippen MR) is 159 cm³/mol. The molecule has 1 amide bonds. The molecule has 2 saturated heterocycles. The van der Waals surface area contributed by atoms with E-state index in [2.05, 4.69) is 11.9 Å². The lowest BCUT2D eigenvalue weighted by atomic mass is 9.66. The number of anilines is 1. The number of aliphatic hydroxyl groups excluding tert-OH is 1. The van der Waals surface area contributed by atoms with Crippen molar-refractivity contribution in [3.05, 3.63) is 138 Å². The molecule has 222 valence electrons. The van der Waals surface area contributed by atoms with Gasteiger partial charge in [-0.05, 0) is 34.9 Å². The third kappa shape index (κ3) is 4.04. The lowest BCUT2D eigenvalue weighted by molar-refractivity contribution is -0.180. The maximum Gasteiger partial charge on any atom is 0.325 e. The van der Waals surface area contributed by atoms with Crippen molar-refractivity contribution < 1.29 is 33.4 Å². The van der Waals surface area contributed by atoms with Crippen molar-refractivity contribution in [1.29, 1.82) is 0 Å². The first kappa shape index (κ1) is 27.8. The van der Waals surface area contributed by atoms with Crippen molar-refractivity contribution in [3.8, 4) is 0 Å². The summed E-state index contributed by atoms with van der Waals surface area (Å²) in [7, 11) is 0. The van der Waals surface area contributed by atoms with E-state index in [4.69, 9.17) is 13.9 Å². The van der Waals surface area contributed by atoms with Gasteiger partial charge >= 0.3 is 11.9 Å². The van der Waals surface area contributed by atoms with E-state index in [1.165, 1.54) is 6.08 Å². The van der Waals surface area contributed by atoms with Crippen LogP contribution in [0.4, 0.5) is 5.69 Å². The number of ether oxygens (including phenoxy) is 2. The zero-order chi connectivity index (χ0) is 30.4. The molecule has 7 rings (SSSR count). The van der Waals surface area contributed by atoms with Crippen LogP contribution in [0.15, 0.2) is 114 Å². The fourth-order valence-corrected chi connectivity index (χ4v) is 7.31. The Hall–Kier alpha value is -4.99. The monoisotopic (exact) mass is 590 g/mol. The van der Waals surface area contributed by atoms with Crippen LogP contribution in [0.1, 0.15) is 46.4 Å². The number of hydrogen-bond donors (Lipinski definition) is 2. The Morgan fingerprint density at radius 1 is 0.932 bits per heavy atom. The second-order valence-electron chi connectivity index (χ2n) is 11.1. The molecule has 9 heteroatoms. The lowest BCUT2D eigenvalue weighted by Crippen LogP contribution is -2.52. The van der Waals surface area contributed by atoms with Gasteiger partial charge in [0.2, 0.25) is 5.91 Å². The molecule has 0 saturated carbocycles. The molecule has 3 aromatic carbocycles. The van der Waals surface area contributed by atoms with E-state index in [-0.39, 0.29) is 19.0 Å². The molecule has 1 aromatic heterocycles. The van der Waals surface area contributed by atoms with Crippen LogP contribution < -0.4 is 5.32 Å². The van der Waals surface area contributed by atoms with Crippen molar-refractivity contribution in [2.75, 3.05) is 11.9 Å². The van der Waals surface area contributed by atoms with Gasteiger partial charge in [0.05, 0.1) is 12.1 Å². The number of fused-ring (bicyclic) bond motifs is 3. The number of hydrogen-bond acceptors (Lipinski definition) is 8. The molecule has 3 aliphatic rings. The minimum absolute atomic E-state index is 0.106. The van der Waals surface area contributed by atoms with Crippen molar-refractivity contribution >= 4 is 23.5 Å². The number of rotatable bonds is 7. The van der Waals surface area contributed by atoms with E-state index in [1.807, 2.05) is 65.6 Å². The summed E-state index contributed by atoms with van der Waals surface area (Å²) in [6.45, 7) is 3.19. The van der Waals surface area contributed by atoms with Crippen molar-refractivity contribution in [1.82, 2.24) is 4.90 Å². The number of carbonyl (C=O) groups is 3. The molecular formula is C35H30N2O7. The van der Waals surface area contributed by atoms with Crippen LogP contribution in [-0.4, -0.2) is 40.5 Å². The molecule has 44 heavy (non-hydrogen) atoms. The van der Waals surface area contributed by atoms with E-state index in [0.717, 1.165) is 11.1 Å². The SMILES string of the molecule is C=CCOC(=O)C1[C@@H]2C(=O)O[C@@H](c3ccccc3)[C@@H](c3ccccc3)N2[C@@H](c2ccc(CO)o2)[C@]12C(=O)Nc1ccccc12. The molecule has 4 aromatic rings. The fraction of sp³-hybridized carbons (Fsp3) is 0.229. The van der Waals surface area contributed by atoms with Crippen LogP contribution >= 0.6 is 0 Å². The molecule has 6 atom stereocenters. The number of aliphatic hydroxyl groups is 1. The lowest BCUT2D eigenvalue weighted by Gasteiger charge is -2.45. The second kappa shape index (κ2) is 10.9. The molecular weight excluding hydrogens is 560 g/mol. The van der Waals surface area contributed by atoms with E-state index in [9.17, 15) is 19.5 Å². The quantitative estimate of drug-likeness (QED) is 0.234. The number of nitrogens with one attached hydrogen (secondary N) is 1. The third-order valence-electron chi connectivity index (χ3n) is 8.92. The molecule has 2 N–H and O–H groups in total. The second-order valence-corrected chi connectivity index (χ2v) is 11.1. The number of para-hydroxylation sites is 1. The first-order valence-electron chi connectivity index (χ1n) is 14.5. The van der Waals surface area contributed by atoms with Crippen LogP contribution in [0.3, 0.4) is 0 Å². The third-order valence-corrected chi connectivity index (χ3v) is 8.92. The number of morpholine rings is 1. The van der Waals surface area contributed by atoms with Crippen LogP contribution in [0.25, 0.3) is 0 Å². The summed E-state index contributed by atoms with van der Waals surface area (Å²) >= 11 is 0. The fourth-order valence-electron chi connectivity index (χ4n) is 7.31. The highest BCUT2D eigenvalue weighted by molar-refractivity contribution is 6.11. The van der Waals surface area contributed by atoms with Gasteiger partial charge in [-0.2, -0.15) is 0 Å². The standard InChI is InChI=1S/C35H30N2O7/c1-2-19-42-32(39)27-29-33(40)44-30(22-13-7-4-8-14-22)28(21-11-5-3-6-12-21)37(29)31(26-18-17-23(20-38)43-26)35(27)24-15-9-10-16-25(24)36-34(35)41/h2-18,27-31,38H,1,19-20H2,(H,36,41)/t27?,28-,29-,30+,31+,35-/m1/s1. The van der Waals surface area contributed by atoms with E-state index >= 15 is 0 Å². The summed E-state index contributed by atoms with van der Waals surface area (Å²) in [5, 5.41) is 12.9. The Bertz CT molecular complexity index is 1740. The van der Waals surface area contributed by atoms with Gasteiger partial charge in [0.1, 0.15) is 48.2 Å². The van der Waals surface area contributed by atoms with Gasteiger partial charge < -0.3 is 24.3 Å². The number of amides is 1. The summed E-state index contributed by atoms with van der Waals surface area (Å²) < 4.78 is 18.1. The van der Waals surface area contributed by atoms with Gasteiger partial charge in [-0.15, -0.1) is 0 Å². The number of furan rings is 1. The molecule has 9 nitrogen and oxygen atoms in total. The highest BCUT2D eigenvalue weighted by Crippen LogP contribution is 2.64. The Balaban J connectivity index is 1.55. The van der Waals surface area contributed by atoms with Crippen molar-refractivity contribution in [2.24, 2.45) is 5.92 Å². The van der Waals surface area contributed by atoms with Crippen molar-refractivity contribution in [2.45, 2.75) is 36.3 Å². The van der Waals surface area contributed by atoms with Gasteiger partial charge in [0.25, 0.3) is 0 Å². The summed E-state index contributed by atoms with van der Waals surface area (Å²) in [5.74, 6) is -2.55. The summed E-state index contributed by atoms with van der Waals surface area (Å²) in [6.07, 6.45) is 0.659. The van der Waals surface area contributed by atoms with Crippen molar-refractivity contribution in [3.63, 3.8) is 0 Å². The Kier molecular flexibility index (Phi) is 6.91. The molecule has 0 bridgehead atoms. The summed E-state index contributed by atoms with van der Waals surface area (Å²) in [5.41, 5.74) is 0.997. The highest BCUT2D eigenvalue weighted by atomic mass is 16.6. The molecule has 0 radical (unpaired) electrons. The molecule has 1 spiro atoms. The molecule has 3 aliphatic heterocycles.